The summed E-state index contributed by atoms with van der Waals surface area (Å²) in [7, 11) is 0. The van der Waals surface area contributed by atoms with Crippen molar-refractivity contribution in [2.75, 3.05) is 0 Å². The normalized spacial score (nSPS) is 13.9. The number of nitriles is 1. The highest BCUT2D eigenvalue weighted by molar-refractivity contribution is 5.41. The molecule has 1 heteroatoms. The lowest BCUT2D eigenvalue weighted by molar-refractivity contribution is 1.12. The first-order valence-corrected chi connectivity index (χ1v) is 4.91. The lowest BCUT2D eigenvalue weighted by atomic mass is 10.0. The Hall–Kier alpha value is -1.29. The molecule has 1 aliphatic carbocycles. The van der Waals surface area contributed by atoms with E-state index in [-0.39, 0.29) is 0 Å². The van der Waals surface area contributed by atoms with Crippen LogP contribution >= 0.6 is 0 Å². The van der Waals surface area contributed by atoms with E-state index in [1.807, 2.05) is 32.0 Å². The quantitative estimate of drug-likeness (QED) is 0.638. The van der Waals surface area contributed by atoms with Gasteiger partial charge in [0.1, 0.15) is 0 Å². The summed E-state index contributed by atoms with van der Waals surface area (Å²) in [5.41, 5.74) is 2.10. The average molecular weight is 173 g/mol. The maximum atomic E-state index is 8.75. The summed E-state index contributed by atoms with van der Waals surface area (Å²) in [6, 6.07) is 10.1. The lowest BCUT2D eigenvalue weighted by Crippen LogP contribution is -1.84. The van der Waals surface area contributed by atoms with E-state index in [0.29, 0.717) is 5.92 Å². The molecule has 1 nitrogen and oxygen atoms in total. The smallest absolute Gasteiger partial charge is 0.0994 e. The molecule has 0 unspecified atom stereocenters. The largest absolute Gasteiger partial charge is 0.192 e. The van der Waals surface area contributed by atoms with E-state index in [1.54, 1.807) is 0 Å². The molecule has 1 fully saturated rings. The number of hydrogen-bond donors (Lipinski definition) is 0. The lowest BCUT2D eigenvalue weighted by Gasteiger charge is -1.98. The molecule has 1 aromatic rings. The minimum atomic E-state index is 0.686. The molecule has 0 aliphatic heterocycles. The summed E-state index contributed by atoms with van der Waals surface area (Å²) in [5, 5.41) is 8.75. The highest BCUT2D eigenvalue weighted by Gasteiger charge is 2.25. The third kappa shape index (κ3) is 2.32. The van der Waals surface area contributed by atoms with Gasteiger partial charge < -0.3 is 0 Å². The number of nitrogens with zero attached hydrogens (tertiary/aromatic N) is 1. The van der Waals surface area contributed by atoms with Crippen molar-refractivity contribution < 1.29 is 0 Å². The molecule has 0 atom stereocenters. The highest BCUT2D eigenvalue weighted by atomic mass is 14.3. The van der Waals surface area contributed by atoms with Gasteiger partial charge in [0, 0.05) is 0 Å². The van der Waals surface area contributed by atoms with Gasteiger partial charge in [0.2, 0.25) is 0 Å². The van der Waals surface area contributed by atoms with Crippen molar-refractivity contribution in [2.45, 2.75) is 32.6 Å². The zero-order chi connectivity index (χ0) is 9.68. The Morgan fingerprint density at radius 2 is 1.85 bits per heavy atom. The minimum Gasteiger partial charge on any atom is -0.192 e. The molecule has 0 bridgehead atoms. The fourth-order valence-electron chi connectivity index (χ4n) is 1.35. The first-order valence-electron chi connectivity index (χ1n) is 4.91. The van der Waals surface area contributed by atoms with Gasteiger partial charge in [-0.25, -0.2) is 0 Å². The van der Waals surface area contributed by atoms with E-state index in [4.69, 9.17) is 5.26 Å². The molecule has 0 radical (unpaired) electrons. The predicted octanol–water partition coefficient (Wildman–Crippen LogP) is 3.46. The maximum absolute atomic E-state index is 8.75. The van der Waals surface area contributed by atoms with Crippen molar-refractivity contribution >= 4 is 0 Å². The average Bonchev–Trinajstić information content (AvgIpc) is 3.04. The van der Waals surface area contributed by atoms with Crippen LogP contribution in [0.2, 0.25) is 0 Å². The van der Waals surface area contributed by atoms with Gasteiger partial charge in [-0.1, -0.05) is 32.0 Å². The van der Waals surface area contributed by atoms with Crippen molar-refractivity contribution in [1.82, 2.24) is 0 Å². The molecule has 13 heavy (non-hydrogen) atoms. The first kappa shape index (κ1) is 9.80. The topological polar surface area (TPSA) is 23.8 Å². The van der Waals surface area contributed by atoms with Gasteiger partial charge in [0.25, 0.3) is 0 Å². The Morgan fingerprint density at radius 3 is 2.38 bits per heavy atom. The summed E-state index contributed by atoms with van der Waals surface area (Å²) in [4.78, 5) is 0. The predicted molar refractivity (Wildman–Crippen MR) is 54.5 cm³/mol. The van der Waals surface area contributed by atoms with Gasteiger partial charge in [0.05, 0.1) is 11.6 Å². The summed E-state index contributed by atoms with van der Waals surface area (Å²) in [5.74, 6) is 0.686. The van der Waals surface area contributed by atoms with E-state index in [9.17, 15) is 0 Å². The molecule has 0 aromatic heterocycles. The van der Waals surface area contributed by atoms with Gasteiger partial charge in [-0.15, -0.1) is 0 Å². The molecule has 0 N–H and O–H groups in total. The van der Waals surface area contributed by atoms with Gasteiger partial charge in [-0.2, -0.15) is 5.26 Å². The Labute approximate surface area is 80.0 Å². The van der Waals surface area contributed by atoms with Crippen LogP contribution in [0.5, 0.6) is 0 Å². The van der Waals surface area contributed by atoms with E-state index >= 15 is 0 Å². The minimum absolute atomic E-state index is 0.686. The van der Waals surface area contributed by atoms with Gasteiger partial charge in [-0.3, -0.25) is 0 Å². The fourth-order valence-corrected chi connectivity index (χ4v) is 1.35. The third-order valence-electron chi connectivity index (χ3n) is 2.10. The van der Waals surface area contributed by atoms with E-state index in [2.05, 4.69) is 12.1 Å². The van der Waals surface area contributed by atoms with Gasteiger partial charge in [-0.05, 0) is 30.4 Å². The fraction of sp³-hybridized carbons (Fsp3) is 0.417. The molecule has 0 spiro atoms. The van der Waals surface area contributed by atoms with Crippen LogP contribution in [0.3, 0.4) is 0 Å². The van der Waals surface area contributed by atoms with E-state index in [0.717, 1.165) is 5.56 Å². The van der Waals surface area contributed by atoms with Crippen molar-refractivity contribution in [2.24, 2.45) is 0 Å². The van der Waals surface area contributed by atoms with Crippen LogP contribution in [0, 0.1) is 11.3 Å². The zero-order valence-electron chi connectivity index (χ0n) is 8.25. The summed E-state index contributed by atoms with van der Waals surface area (Å²) >= 11 is 0. The molecule has 1 aromatic carbocycles. The highest BCUT2D eigenvalue weighted by Crippen LogP contribution is 2.41. The number of hydrogen-bond acceptors (Lipinski definition) is 1. The SMILES string of the molecule is CC.N#Cc1ccccc1C1CC1. The Bertz CT molecular complexity index is 305. The molecule has 1 aliphatic rings. The van der Waals surface area contributed by atoms with Crippen LogP contribution in [0.1, 0.15) is 43.7 Å². The van der Waals surface area contributed by atoms with Gasteiger partial charge in [0.15, 0.2) is 0 Å². The molecule has 0 heterocycles. The van der Waals surface area contributed by atoms with Crippen LogP contribution in [-0.4, -0.2) is 0 Å². The molecule has 0 amide bonds. The Balaban J connectivity index is 0.000000396. The van der Waals surface area contributed by atoms with Crippen LogP contribution in [0.15, 0.2) is 24.3 Å². The summed E-state index contributed by atoms with van der Waals surface area (Å²) in [6.45, 7) is 4.00. The van der Waals surface area contributed by atoms with Gasteiger partial charge >= 0.3 is 0 Å². The first-order chi connectivity index (χ1) is 6.42. The standard InChI is InChI=1S/C10H9N.C2H6/c11-7-9-3-1-2-4-10(9)8-5-6-8;1-2/h1-4,8H,5-6H2;1-2H3. The van der Waals surface area contributed by atoms with E-state index < -0.39 is 0 Å². The van der Waals surface area contributed by atoms with Crippen LogP contribution in [-0.2, 0) is 0 Å². The van der Waals surface area contributed by atoms with Crippen LogP contribution < -0.4 is 0 Å². The Morgan fingerprint density at radius 1 is 1.23 bits per heavy atom. The van der Waals surface area contributed by atoms with Crippen molar-refractivity contribution in [3.05, 3.63) is 35.4 Å². The molecule has 2 rings (SSSR count). The molecular weight excluding hydrogens is 158 g/mol. The monoisotopic (exact) mass is 173 g/mol. The molecule has 1 saturated carbocycles. The Kier molecular flexibility index (Phi) is 3.52. The number of rotatable bonds is 1. The second-order valence-corrected chi connectivity index (χ2v) is 2.97. The summed E-state index contributed by atoms with van der Waals surface area (Å²) < 4.78 is 0. The molecular formula is C12H15N. The van der Waals surface area contributed by atoms with Crippen molar-refractivity contribution in [3.63, 3.8) is 0 Å². The maximum Gasteiger partial charge on any atom is 0.0994 e. The van der Waals surface area contributed by atoms with Crippen LogP contribution in [0.25, 0.3) is 0 Å². The second kappa shape index (κ2) is 4.67. The molecule has 68 valence electrons. The third-order valence-corrected chi connectivity index (χ3v) is 2.10. The van der Waals surface area contributed by atoms with Crippen LogP contribution in [0.4, 0.5) is 0 Å². The van der Waals surface area contributed by atoms with Crippen molar-refractivity contribution in [3.8, 4) is 6.07 Å². The molecule has 0 saturated heterocycles. The zero-order valence-corrected chi connectivity index (χ0v) is 8.25. The van der Waals surface area contributed by atoms with E-state index in [1.165, 1.54) is 18.4 Å². The second-order valence-electron chi connectivity index (χ2n) is 2.97. The summed E-state index contributed by atoms with van der Waals surface area (Å²) in [6.07, 6.45) is 2.53. The van der Waals surface area contributed by atoms with Crippen molar-refractivity contribution in [1.29, 1.82) is 5.26 Å². The number of benzene rings is 1.